The molecule has 12 heavy (non-hydrogen) atoms. The summed E-state index contributed by atoms with van der Waals surface area (Å²) in [4.78, 5) is 11.1. The molecule has 0 aromatic carbocycles. The van der Waals surface area contributed by atoms with E-state index in [-0.39, 0.29) is 5.91 Å². The highest BCUT2D eigenvalue weighted by atomic mass is 35.5. The van der Waals surface area contributed by atoms with Crippen LogP contribution in [0, 0.1) is 0 Å². The van der Waals surface area contributed by atoms with E-state index in [4.69, 9.17) is 23.2 Å². The molecule has 0 atom stereocenters. The lowest BCUT2D eigenvalue weighted by atomic mass is 10.0. The van der Waals surface area contributed by atoms with Gasteiger partial charge in [0.1, 0.15) is 0 Å². The van der Waals surface area contributed by atoms with E-state index in [1.54, 1.807) is 6.92 Å². The summed E-state index contributed by atoms with van der Waals surface area (Å²) in [5.41, 5.74) is -0.420. The van der Waals surface area contributed by atoms with Gasteiger partial charge < -0.3 is 5.32 Å². The smallest absolute Gasteiger partial charge is 0.220 e. The Kier molecular flexibility index (Phi) is 5.68. The molecule has 0 saturated carbocycles. The Labute approximate surface area is 83.6 Å². The van der Waals surface area contributed by atoms with Gasteiger partial charge in [0.15, 0.2) is 0 Å². The largest absolute Gasteiger partial charge is 0.348 e. The van der Waals surface area contributed by atoms with Crippen molar-refractivity contribution in [2.24, 2.45) is 0 Å². The zero-order valence-corrected chi connectivity index (χ0v) is 9.00. The first kappa shape index (κ1) is 12.0. The molecule has 1 amide bonds. The minimum absolute atomic E-state index is 0.00171. The average Bonchev–Trinajstić information content (AvgIpc) is 2.14. The second-order valence-electron chi connectivity index (χ2n) is 2.80. The van der Waals surface area contributed by atoms with E-state index in [1.165, 1.54) is 0 Å². The molecule has 2 nitrogen and oxygen atoms in total. The summed E-state index contributed by atoms with van der Waals surface area (Å²) in [5.74, 6) is 0.718. The van der Waals surface area contributed by atoms with Gasteiger partial charge >= 0.3 is 0 Å². The van der Waals surface area contributed by atoms with E-state index < -0.39 is 5.54 Å². The average molecular weight is 212 g/mol. The minimum atomic E-state index is -0.420. The molecule has 0 saturated heterocycles. The third-order valence-electron chi connectivity index (χ3n) is 1.91. The predicted octanol–water partition coefficient (Wildman–Crippen LogP) is 2.14. The number of rotatable bonds is 5. The van der Waals surface area contributed by atoms with Gasteiger partial charge in [0.25, 0.3) is 0 Å². The fraction of sp³-hybridized carbons (Fsp3) is 0.875. The van der Waals surface area contributed by atoms with Crippen LogP contribution in [-0.2, 0) is 4.79 Å². The molecule has 0 heterocycles. The number of hydrogen-bond acceptors (Lipinski definition) is 1. The Morgan fingerprint density at radius 2 is 1.83 bits per heavy atom. The van der Waals surface area contributed by atoms with Crippen molar-refractivity contribution in [1.82, 2.24) is 5.32 Å². The summed E-state index contributed by atoms with van der Waals surface area (Å²) in [6.07, 6.45) is 1.22. The normalized spacial score (nSPS) is 11.3. The quantitative estimate of drug-likeness (QED) is 0.695. The topological polar surface area (TPSA) is 29.1 Å². The van der Waals surface area contributed by atoms with Crippen LogP contribution in [0.5, 0.6) is 0 Å². The van der Waals surface area contributed by atoms with Crippen LogP contribution in [0.2, 0.25) is 0 Å². The van der Waals surface area contributed by atoms with Crippen molar-refractivity contribution >= 4 is 29.1 Å². The molecule has 0 aliphatic carbocycles. The molecule has 4 heteroatoms. The summed E-state index contributed by atoms with van der Waals surface area (Å²) in [5, 5.41) is 2.83. The summed E-state index contributed by atoms with van der Waals surface area (Å²) >= 11 is 11.5. The lowest BCUT2D eigenvalue weighted by Gasteiger charge is -2.29. The predicted molar refractivity (Wildman–Crippen MR) is 52.9 cm³/mol. The molecule has 0 rings (SSSR count). The van der Waals surface area contributed by atoms with Crippen LogP contribution in [0.3, 0.4) is 0 Å². The molecule has 0 aromatic rings. The highest BCUT2D eigenvalue weighted by molar-refractivity contribution is 6.22. The van der Waals surface area contributed by atoms with Crippen molar-refractivity contribution in [2.75, 3.05) is 11.8 Å². The number of carbonyl (C=O) groups excluding carboxylic acids is 1. The van der Waals surface area contributed by atoms with E-state index in [0.29, 0.717) is 18.2 Å². The molecular formula is C8H15Cl2NO. The number of amides is 1. The first-order valence-corrected chi connectivity index (χ1v) is 5.14. The maximum absolute atomic E-state index is 11.1. The Bertz CT molecular complexity index is 138. The maximum atomic E-state index is 11.1. The summed E-state index contributed by atoms with van der Waals surface area (Å²) < 4.78 is 0. The van der Waals surface area contributed by atoms with Crippen LogP contribution in [0.15, 0.2) is 0 Å². The van der Waals surface area contributed by atoms with E-state index in [9.17, 15) is 4.79 Å². The standard InChI is InChI=1S/C8H15Cl2NO/c1-3-7(12)11-8(4-2,5-9)6-10/h3-6H2,1-2H3,(H,11,12). The molecule has 0 aromatic heterocycles. The molecule has 0 aliphatic rings. The first-order valence-electron chi connectivity index (χ1n) is 4.07. The van der Waals surface area contributed by atoms with Crippen LogP contribution in [0.4, 0.5) is 0 Å². The first-order chi connectivity index (χ1) is 5.64. The number of hydrogen-bond donors (Lipinski definition) is 1. The Morgan fingerprint density at radius 1 is 1.33 bits per heavy atom. The second-order valence-corrected chi connectivity index (χ2v) is 3.34. The van der Waals surface area contributed by atoms with Crippen molar-refractivity contribution in [3.63, 3.8) is 0 Å². The molecule has 0 spiro atoms. The van der Waals surface area contributed by atoms with Crippen molar-refractivity contribution in [3.05, 3.63) is 0 Å². The molecule has 1 N–H and O–H groups in total. The highest BCUT2D eigenvalue weighted by Gasteiger charge is 2.27. The molecule has 0 fully saturated rings. The van der Waals surface area contributed by atoms with Crippen LogP contribution in [0.1, 0.15) is 26.7 Å². The summed E-state index contributed by atoms with van der Waals surface area (Å²) in [6, 6.07) is 0. The van der Waals surface area contributed by atoms with Gasteiger partial charge in [0.05, 0.1) is 5.54 Å². The molecule has 0 aliphatic heterocycles. The third kappa shape index (κ3) is 3.20. The van der Waals surface area contributed by atoms with Crippen LogP contribution in [-0.4, -0.2) is 23.2 Å². The minimum Gasteiger partial charge on any atom is -0.348 e. The van der Waals surface area contributed by atoms with Gasteiger partial charge in [-0.2, -0.15) is 0 Å². The summed E-state index contributed by atoms with van der Waals surface area (Å²) in [6.45, 7) is 3.76. The fourth-order valence-electron chi connectivity index (χ4n) is 0.764. The van der Waals surface area contributed by atoms with Gasteiger partial charge in [0.2, 0.25) is 5.91 Å². The third-order valence-corrected chi connectivity index (χ3v) is 2.94. The lowest BCUT2D eigenvalue weighted by Crippen LogP contribution is -2.51. The lowest BCUT2D eigenvalue weighted by molar-refractivity contribution is -0.122. The molecule has 0 radical (unpaired) electrons. The van der Waals surface area contributed by atoms with Crippen molar-refractivity contribution in [3.8, 4) is 0 Å². The van der Waals surface area contributed by atoms with Crippen LogP contribution in [0.25, 0.3) is 0 Å². The SMILES string of the molecule is CCC(=O)NC(CC)(CCl)CCl. The van der Waals surface area contributed by atoms with Gasteiger partial charge in [-0.25, -0.2) is 0 Å². The van der Waals surface area contributed by atoms with E-state index in [2.05, 4.69) is 5.32 Å². The van der Waals surface area contributed by atoms with Gasteiger partial charge in [-0.15, -0.1) is 23.2 Å². The number of halogens is 2. The van der Waals surface area contributed by atoms with Crippen molar-refractivity contribution in [2.45, 2.75) is 32.2 Å². The van der Waals surface area contributed by atoms with E-state index in [1.807, 2.05) is 6.92 Å². The monoisotopic (exact) mass is 211 g/mol. The van der Waals surface area contributed by atoms with Gasteiger partial charge in [-0.05, 0) is 6.42 Å². The van der Waals surface area contributed by atoms with Crippen LogP contribution >= 0.6 is 23.2 Å². The second kappa shape index (κ2) is 5.65. The highest BCUT2D eigenvalue weighted by Crippen LogP contribution is 2.14. The van der Waals surface area contributed by atoms with Gasteiger partial charge in [-0.3, -0.25) is 4.79 Å². The Hall–Kier alpha value is 0.0500. The zero-order chi connectivity index (χ0) is 9.61. The van der Waals surface area contributed by atoms with E-state index in [0.717, 1.165) is 6.42 Å². The maximum Gasteiger partial charge on any atom is 0.220 e. The summed E-state index contributed by atoms with van der Waals surface area (Å²) in [7, 11) is 0. The van der Waals surface area contributed by atoms with Gasteiger partial charge in [-0.1, -0.05) is 13.8 Å². The Morgan fingerprint density at radius 3 is 2.08 bits per heavy atom. The number of nitrogens with one attached hydrogen (secondary N) is 1. The van der Waals surface area contributed by atoms with Crippen molar-refractivity contribution in [1.29, 1.82) is 0 Å². The van der Waals surface area contributed by atoms with Crippen molar-refractivity contribution < 1.29 is 4.79 Å². The zero-order valence-electron chi connectivity index (χ0n) is 7.49. The number of carbonyl (C=O) groups is 1. The fourth-order valence-corrected chi connectivity index (χ4v) is 1.56. The molecule has 0 unspecified atom stereocenters. The van der Waals surface area contributed by atoms with E-state index >= 15 is 0 Å². The molecule has 72 valence electrons. The van der Waals surface area contributed by atoms with Crippen LogP contribution < -0.4 is 5.32 Å². The molecule has 0 bridgehead atoms. The van der Waals surface area contributed by atoms with Gasteiger partial charge in [0, 0.05) is 18.2 Å². The number of alkyl halides is 2. The molecular weight excluding hydrogens is 197 g/mol. The Balaban J connectivity index is 4.19.